The molecule has 1 heterocycles. The topological polar surface area (TPSA) is 61.4 Å². The van der Waals surface area contributed by atoms with Crippen molar-refractivity contribution in [2.45, 2.75) is 58.5 Å². The monoisotopic (exact) mass is 269 g/mol. The molecule has 1 saturated heterocycles. The molecule has 1 aliphatic rings. The first-order valence-corrected chi connectivity index (χ1v) is 7.40. The maximum Gasteiger partial charge on any atom is 0.239 e. The third kappa shape index (κ3) is 5.19. The van der Waals surface area contributed by atoms with Crippen LogP contribution in [0.15, 0.2) is 0 Å². The van der Waals surface area contributed by atoms with E-state index in [1.54, 1.807) is 0 Å². The van der Waals surface area contributed by atoms with Gasteiger partial charge in [-0.25, -0.2) is 0 Å². The molecular formula is C14H27N3O2. The lowest BCUT2D eigenvalue weighted by Gasteiger charge is -2.32. The Morgan fingerprint density at radius 2 is 2.21 bits per heavy atom. The molecule has 1 rings (SSSR count). The number of likely N-dealkylation sites (tertiary alicyclic amines) is 1. The van der Waals surface area contributed by atoms with E-state index >= 15 is 0 Å². The Hall–Kier alpha value is -1.10. The van der Waals surface area contributed by atoms with Crippen LogP contribution in [0.25, 0.3) is 0 Å². The normalized spacial score (nSPS) is 21.3. The van der Waals surface area contributed by atoms with Crippen molar-refractivity contribution in [3.8, 4) is 0 Å². The van der Waals surface area contributed by atoms with Crippen molar-refractivity contribution in [1.29, 1.82) is 0 Å². The summed E-state index contributed by atoms with van der Waals surface area (Å²) in [5.41, 5.74) is 0. The largest absolute Gasteiger partial charge is 0.354 e. The van der Waals surface area contributed by atoms with Crippen molar-refractivity contribution in [1.82, 2.24) is 15.5 Å². The van der Waals surface area contributed by atoms with Gasteiger partial charge in [0.05, 0.1) is 6.04 Å². The van der Waals surface area contributed by atoms with Gasteiger partial charge in [-0.1, -0.05) is 13.8 Å². The summed E-state index contributed by atoms with van der Waals surface area (Å²) < 4.78 is 0. The van der Waals surface area contributed by atoms with Crippen LogP contribution in [-0.2, 0) is 9.59 Å². The Kier molecular flexibility index (Phi) is 6.84. The molecule has 5 heteroatoms. The molecular weight excluding hydrogens is 242 g/mol. The maximum atomic E-state index is 12.1. The van der Waals surface area contributed by atoms with Crippen molar-refractivity contribution >= 4 is 11.8 Å². The number of likely N-dealkylation sites (N-methyl/N-ethyl adjacent to an activating group) is 1. The predicted octanol–water partition coefficient (Wildman–Crippen LogP) is 0.892. The van der Waals surface area contributed by atoms with Gasteiger partial charge in [0.25, 0.3) is 0 Å². The molecule has 0 spiro atoms. The number of carbonyl (C=O) groups is 2. The summed E-state index contributed by atoms with van der Waals surface area (Å²) in [5, 5.41) is 6.13. The highest BCUT2D eigenvalue weighted by atomic mass is 16.2. The summed E-state index contributed by atoms with van der Waals surface area (Å²) >= 11 is 0. The van der Waals surface area contributed by atoms with Crippen LogP contribution in [0.3, 0.4) is 0 Å². The van der Waals surface area contributed by atoms with Crippen LogP contribution in [0.4, 0.5) is 0 Å². The molecule has 1 aliphatic heterocycles. The number of amides is 2. The quantitative estimate of drug-likeness (QED) is 0.721. The maximum absolute atomic E-state index is 12.1. The molecule has 0 aromatic heterocycles. The Bertz CT molecular complexity index is 305. The summed E-state index contributed by atoms with van der Waals surface area (Å²) in [5.74, 6) is 0.178. The van der Waals surface area contributed by atoms with Crippen LogP contribution in [0.5, 0.6) is 0 Å². The molecule has 0 aromatic carbocycles. The molecule has 0 radical (unpaired) electrons. The van der Waals surface area contributed by atoms with E-state index in [9.17, 15) is 9.59 Å². The fourth-order valence-electron chi connectivity index (χ4n) is 2.28. The second kappa shape index (κ2) is 8.15. The van der Waals surface area contributed by atoms with Gasteiger partial charge in [-0.2, -0.15) is 0 Å². The van der Waals surface area contributed by atoms with Gasteiger partial charge in [0.1, 0.15) is 0 Å². The van der Waals surface area contributed by atoms with E-state index < -0.39 is 0 Å². The van der Waals surface area contributed by atoms with Crippen molar-refractivity contribution in [2.24, 2.45) is 0 Å². The minimum Gasteiger partial charge on any atom is -0.354 e. The van der Waals surface area contributed by atoms with Crippen LogP contribution in [0.1, 0.15) is 46.5 Å². The molecule has 0 aromatic rings. The van der Waals surface area contributed by atoms with Gasteiger partial charge in [-0.15, -0.1) is 0 Å². The number of piperidine rings is 1. The van der Waals surface area contributed by atoms with Crippen LogP contribution in [0, 0.1) is 0 Å². The van der Waals surface area contributed by atoms with Crippen LogP contribution in [0.2, 0.25) is 0 Å². The number of nitrogens with one attached hydrogen (secondary N) is 2. The molecule has 2 atom stereocenters. The van der Waals surface area contributed by atoms with Gasteiger partial charge < -0.3 is 15.5 Å². The van der Waals surface area contributed by atoms with Gasteiger partial charge in [0.2, 0.25) is 11.8 Å². The zero-order chi connectivity index (χ0) is 14.3. The standard InChI is InChI=1S/C14H27N3O2/c1-4-11(3)16-13(18)8-10-17-9-6-7-12(14(17)19)15-5-2/h11-12,15H,4-10H2,1-3H3,(H,16,18). The van der Waals surface area contributed by atoms with Gasteiger partial charge in [-0.05, 0) is 32.7 Å². The molecule has 1 fully saturated rings. The average Bonchev–Trinajstić information content (AvgIpc) is 2.40. The molecule has 0 aliphatic carbocycles. The Labute approximate surface area is 116 Å². The lowest BCUT2D eigenvalue weighted by atomic mass is 10.0. The molecule has 0 bridgehead atoms. The number of rotatable bonds is 7. The van der Waals surface area contributed by atoms with E-state index in [-0.39, 0.29) is 23.9 Å². The Morgan fingerprint density at radius 1 is 1.47 bits per heavy atom. The molecule has 2 amide bonds. The first kappa shape index (κ1) is 16.0. The Balaban J connectivity index is 2.35. The average molecular weight is 269 g/mol. The second-order valence-corrected chi connectivity index (χ2v) is 5.20. The van der Waals surface area contributed by atoms with Crippen LogP contribution < -0.4 is 10.6 Å². The molecule has 0 saturated carbocycles. The van der Waals surface area contributed by atoms with E-state index in [4.69, 9.17) is 0 Å². The SMILES string of the molecule is CCNC1CCCN(CCC(=O)NC(C)CC)C1=O. The van der Waals surface area contributed by atoms with Crippen LogP contribution >= 0.6 is 0 Å². The first-order chi connectivity index (χ1) is 9.08. The van der Waals surface area contributed by atoms with Gasteiger partial charge in [0.15, 0.2) is 0 Å². The van der Waals surface area contributed by atoms with Crippen molar-refractivity contribution in [3.63, 3.8) is 0 Å². The minimum atomic E-state index is -0.0589. The first-order valence-electron chi connectivity index (χ1n) is 7.40. The Morgan fingerprint density at radius 3 is 2.84 bits per heavy atom. The fraction of sp³-hybridized carbons (Fsp3) is 0.857. The fourth-order valence-corrected chi connectivity index (χ4v) is 2.28. The number of carbonyl (C=O) groups excluding carboxylic acids is 2. The summed E-state index contributed by atoms with van der Waals surface area (Å²) in [6.45, 7) is 8.15. The van der Waals surface area contributed by atoms with E-state index in [0.29, 0.717) is 13.0 Å². The predicted molar refractivity (Wildman–Crippen MR) is 75.8 cm³/mol. The molecule has 5 nitrogen and oxygen atoms in total. The van der Waals surface area contributed by atoms with Gasteiger partial charge in [0, 0.05) is 25.6 Å². The highest BCUT2D eigenvalue weighted by molar-refractivity contribution is 5.83. The number of nitrogens with zero attached hydrogens (tertiary/aromatic N) is 1. The van der Waals surface area contributed by atoms with Crippen molar-refractivity contribution < 1.29 is 9.59 Å². The molecule has 2 unspecified atom stereocenters. The lowest BCUT2D eigenvalue weighted by Crippen LogP contribution is -2.51. The number of hydrogen-bond acceptors (Lipinski definition) is 3. The number of hydrogen-bond donors (Lipinski definition) is 2. The molecule has 110 valence electrons. The van der Waals surface area contributed by atoms with Crippen molar-refractivity contribution in [2.75, 3.05) is 19.6 Å². The van der Waals surface area contributed by atoms with Gasteiger partial charge in [-0.3, -0.25) is 9.59 Å². The highest BCUT2D eigenvalue weighted by Gasteiger charge is 2.27. The zero-order valence-electron chi connectivity index (χ0n) is 12.4. The summed E-state index contributed by atoms with van der Waals surface area (Å²) in [6.07, 6.45) is 3.24. The second-order valence-electron chi connectivity index (χ2n) is 5.20. The third-order valence-corrected chi connectivity index (χ3v) is 3.61. The summed E-state index contributed by atoms with van der Waals surface area (Å²) in [6, 6.07) is 0.149. The smallest absolute Gasteiger partial charge is 0.239 e. The molecule has 19 heavy (non-hydrogen) atoms. The minimum absolute atomic E-state index is 0.0349. The van der Waals surface area contributed by atoms with E-state index in [2.05, 4.69) is 10.6 Å². The lowest BCUT2D eigenvalue weighted by molar-refractivity contribution is -0.136. The van der Waals surface area contributed by atoms with E-state index in [1.165, 1.54) is 0 Å². The van der Waals surface area contributed by atoms with Gasteiger partial charge >= 0.3 is 0 Å². The van der Waals surface area contributed by atoms with E-state index in [0.717, 1.165) is 32.4 Å². The van der Waals surface area contributed by atoms with E-state index in [1.807, 2.05) is 25.7 Å². The zero-order valence-corrected chi connectivity index (χ0v) is 12.4. The van der Waals surface area contributed by atoms with Crippen molar-refractivity contribution in [3.05, 3.63) is 0 Å². The highest BCUT2D eigenvalue weighted by Crippen LogP contribution is 2.12. The van der Waals surface area contributed by atoms with Crippen LogP contribution in [-0.4, -0.2) is 48.4 Å². The summed E-state index contributed by atoms with van der Waals surface area (Å²) in [4.78, 5) is 25.7. The summed E-state index contributed by atoms with van der Waals surface area (Å²) in [7, 11) is 0. The third-order valence-electron chi connectivity index (χ3n) is 3.61. The molecule has 2 N–H and O–H groups in total.